The summed E-state index contributed by atoms with van der Waals surface area (Å²) in [5.74, 6) is 0.0865. The maximum atomic E-state index is 13.3. The molecule has 0 bridgehead atoms. The summed E-state index contributed by atoms with van der Waals surface area (Å²) < 4.78 is -0.390. The average molecular weight is 345 g/mol. The van der Waals surface area contributed by atoms with Gasteiger partial charge >= 0.3 is 24.1 Å². The molecule has 1 rings (SSSR count). The van der Waals surface area contributed by atoms with Crippen molar-refractivity contribution in [2.24, 2.45) is 5.92 Å². The minimum absolute atomic E-state index is 0.0973. The van der Waals surface area contributed by atoms with E-state index in [9.17, 15) is 14.4 Å². The zero-order chi connectivity index (χ0) is 19.3. The van der Waals surface area contributed by atoms with Crippen LogP contribution < -0.4 is 0 Å². The number of carbonyl (C=O) groups excluding carboxylic acids is 3. The minimum Gasteiger partial charge on any atom is -0.215 e. The molecule has 1 aliphatic rings. The number of amides is 5. The van der Waals surface area contributed by atoms with Gasteiger partial charge in [0.25, 0.3) is 0 Å². The smallest absolute Gasteiger partial charge is 0.215 e. The molecule has 1 saturated heterocycles. The summed E-state index contributed by atoms with van der Waals surface area (Å²) >= 11 is 0. The summed E-state index contributed by atoms with van der Waals surface area (Å²) in [5, 5.41) is 0. The van der Waals surface area contributed by atoms with Crippen molar-refractivity contribution in [3.63, 3.8) is 0 Å². The van der Waals surface area contributed by atoms with Crippen LogP contribution in [-0.2, 0) is 4.79 Å². The second kappa shape index (κ2) is 5.98. The normalized spacial score (nSPS) is 29.0. The van der Waals surface area contributed by atoms with Gasteiger partial charge in [0.1, 0.15) is 6.54 Å². The average Bonchev–Trinajstić information content (AvgIpc) is 2.55. The van der Waals surface area contributed by atoms with Crippen LogP contribution in [-0.4, -0.2) is 105 Å². The first kappa shape index (κ1) is 20.9. The molecule has 0 N–H and O–H groups in total. The molecule has 138 valence electrons. The van der Waals surface area contributed by atoms with Gasteiger partial charge in [-0.2, -0.15) is 18.6 Å². The SMILES string of the molecule is CCC(C)C[N+]1(C)C(=O)C([N+](C)(C)C(=O)[N+](C)(C)C)[N+](C)(C)C1=O. The predicted octanol–water partition coefficient (Wildman–Crippen LogP) is 1.44. The van der Waals surface area contributed by atoms with Crippen LogP contribution in [0.5, 0.6) is 0 Å². The Bertz CT molecular complexity index is 563. The van der Waals surface area contributed by atoms with Gasteiger partial charge in [0, 0.05) is 5.92 Å². The van der Waals surface area contributed by atoms with Gasteiger partial charge < -0.3 is 0 Å². The van der Waals surface area contributed by atoms with Crippen LogP contribution in [0.4, 0.5) is 9.59 Å². The molecule has 0 aromatic carbocycles. The zero-order valence-electron chi connectivity index (χ0n) is 17.1. The molecular weight excluding hydrogens is 308 g/mol. The van der Waals surface area contributed by atoms with Crippen LogP contribution in [0.3, 0.4) is 0 Å². The van der Waals surface area contributed by atoms with Crippen LogP contribution in [0.2, 0.25) is 0 Å². The molecular formula is C17H36N4O3+4. The fourth-order valence-corrected chi connectivity index (χ4v) is 4.09. The molecule has 0 radical (unpaired) electrons. The van der Waals surface area contributed by atoms with Gasteiger partial charge in [-0.3, -0.25) is 0 Å². The van der Waals surface area contributed by atoms with Crippen molar-refractivity contribution in [3.8, 4) is 0 Å². The molecule has 0 aliphatic carbocycles. The zero-order valence-corrected chi connectivity index (χ0v) is 17.1. The largest absolute Gasteiger partial charge is 0.527 e. The first-order chi connectivity index (χ1) is 10.5. The summed E-state index contributed by atoms with van der Waals surface area (Å²) in [4.78, 5) is 39.4. The maximum absolute atomic E-state index is 13.3. The van der Waals surface area contributed by atoms with Crippen molar-refractivity contribution in [2.45, 2.75) is 26.4 Å². The number of likely N-dealkylation sites (N-methyl/N-ethyl adjacent to an activating group) is 3. The third-order valence-electron chi connectivity index (χ3n) is 5.29. The van der Waals surface area contributed by atoms with Crippen molar-refractivity contribution in [2.75, 3.05) is 62.9 Å². The first-order valence-electron chi connectivity index (χ1n) is 8.53. The van der Waals surface area contributed by atoms with E-state index < -0.39 is 6.17 Å². The minimum atomic E-state index is -0.739. The molecule has 24 heavy (non-hydrogen) atoms. The van der Waals surface area contributed by atoms with Crippen LogP contribution in [0.1, 0.15) is 20.3 Å². The molecule has 1 heterocycles. The Balaban J connectivity index is 3.43. The predicted molar refractivity (Wildman–Crippen MR) is 92.3 cm³/mol. The van der Waals surface area contributed by atoms with Crippen molar-refractivity contribution in [3.05, 3.63) is 0 Å². The topological polar surface area (TPSA) is 51.2 Å². The third kappa shape index (κ3) is 3.06. The van der Waals surface area contributed by atoms with Crippen LogP contribution in [0.25, 0.3) is 0 Å². The van der Waals surface area contributed by atoms with Crippen molar-refractivity contribution < 1.29 is 32.3 Å². The molecule has 7 heteroatoms. The molecule has 5 amide bonds. The summed E-state index contributed by atoms with van der Waals surface area (Å²) in [7, 11) is 14.0. The number of nitrogens with zero attached hydrogens (tertiary/aromatic N) is 4. The second-order valence-corrected chi connectivity index (χ2v) is 9.26. The number of hydrogen-bond acceptors (Lipinski definition) is 3. The Kier molecular flexibility index (Phi) is 5.21. The van der Waals surface area contributed by atoms with Gasteiger partial charge in [-0.15, -0.1) is 4.48 Å². The molecule has 3 atom stereocenters. The van der Waals surface area contributed by atoms with E-state index in [2.05, 4.69) is 13.8 Å². The molecule has 0 spiro atoms. The number of urea groups is 2. The number of carbonyl (C=O) groups is 3. The fourth-order valence-electron chi connectivity index (χ4n) is 4.09. The lowest BCUT2D eigenvalue weighted by Gasteiger charge is -2.36. The van der Waals surface area contributed by atoms with Crippen molar-refractivity contribution in [1.29, 1.82) is 0 Å². The molecule has 3 unspecified atom stereocenters. The highest BCUT2D eigenvalue weighted by molar-refractivity contribution is 5.89. The number of imide groups is 1. The Hall–Kier alpha value is -1.15. The Morgan fingerprint density at radius 2 is 1.54 bits per heavy atom. The molecule has 7 nitrogen and oxygen atoms in total. The van der Waals surface area contributed by atoms with E-state index >= 15 is 0 Å². The Morgan fingerprint density at radius 3 is 1.92 bits per heavy atom. The first-order valence-corrected chi connectivity index (χ1v) is 8.53. The van der Waals surface area contributed by atoms with Gasteiger partial charge in [0.05, 0.1) is 56.4 Å². The van der Waals surface area contributed by atoms with Crippen LogP contribution in [0.15, 0.2) is 0 Å². The summed E-state index contributed by atoms with van der Waals surface area (Å²) in [5.41, 5.74) is 0. The van der Waals surface area contributed by atoms with Gasteiger partial charge in [-0.25, -0.2) is 9.28 Å². The third-order valence-corrected chi connectivity index (χ3v) is 5.29. The highest BCUT2D eigenvalue weighted by Crippen LogP contribution is 2.35. The Morgan fingerprint density at radius 1 is 1.08 bits per heavy atom. The van der Waals surface area contributed by atoms with E-state index in [0.29, 0.717) is 6.54 Å². The van der Waals surface area contributed by atoms with E-state index in [1.807, 2.05) is 0 Å². The lowest BCUT2D eigenvalue weighted by atomic mass is 10.1. The Labute approximate surface area is 146 Å². The van der Waals surface area contributed by atoms with Crippen LogP contribution >= 0.6 is 0 Å². The maximum Gasteiger partial charge on any atom is 0.527 e. The van der Waals surface area contributed by atoms with Gasteiger partial charge in [0.15, 0.2) is 0 Å². The van der Waals surface area contributed by atoms with E-state index in [1.165, 1.54) is 0 Å². The summed E-state index contributed by atoms with van der Waals surface area (Å²) in [6.07, 6.45) is 0.166. The van der Waals surface area contributed by atoms with Crippen molar-refractivity contribution >= 4 is 18.0 Å². The number of rotatable bonds is 4. The summed E-state index contributed by atoms with van der Waals surface area (Å²) in [6.45, 7) is 4.58. The second-order valence-electron chi connectivity index (χ2n) is 9.26. The van der Waals surface area contributed by atoms with E-state index in [1.54, 1.807) is 56.4 Å². The van der Waals surface area contributed by atoms with E-state index in [0.717, 1.165) is 6.42 Å². The van der Waals surface area contributed by atoms with Gasteiger partial charge in [-0.05, 0) is 6.42 Å². The quantitative estimate of drug-likeness (QED) is 0.573. The number of quaternary nitrogens is 4. The monoisotopic (exact) mass is 344 g/mol. The molecule has 1 fully saturated rings. The molecule has 0 saturated carbocycles. The molecule has 0 aromatic heterocycles. The lowest BCUT2D eigenvalue weighted by molar-refractivity contribution is -1.05. The standard InChI is InChI=1S/C17H36N4O3/c1-11-13(2)12-21(10)15(22)14(20(8,9)17(21)24)19(6,7)16(23)18(3,4)5/h13-14H,11-12H2,1-10H3/q+4. The molecule has 0 aromatic rings. The highest BCUT2D eigenvalue weighted by Gasteiger charge is 2.75. The van der Waals surface area contributed by atoms with E-state index in [4.69, 9.17) is 0 Å². The summed E-state index contributed by atoms with van der Waals surface area (Å²) in [6, 6.07) is -0.255. The highest BCUT2D eigenvalue weighted by atomic mass is 16.2. The molecule has 1 aliphatic heterocycles. The van der Waals surface area contributed by atoms with Crippen molar-refractivity contribution in [1.82, 2.24) is 0 Å². The van der Waals surface area contributed by atoms with Crippen LogP contribution in [0, 0.1) is 5.92 Å². The fraction of sp³-hybridized carbons (Fsp3) is 0.824. The number of hydrogen-bond donors (Lipinski definition) is 0. The van der Waals surface area contributed by atoms with Gasteiger partial charge in [0.2, 0.25) is 0 Å². The van der Waals surface area contributed by atoms with E-state index in [-0.39, 0.29) is 41.8 Å². The lowest BCUT2D eigenvalue weighted by Crippen LogP contribution is -2.71. The van der Waals surface area contributed by atoms with Gasteiger partial charge in [-0.1, -0.05) is 13.8 Å².